The number of aliphatic hydroxyl groups excluding tert-OH is 2. The molecule has 0 radical (unpaired) electrons. The Kier molecular flexibility index (Phi) is 16.2. The molecule has 0 aliphatic rings. The molecule has 316 valence electrons. The van der Waals surface area contributed by atoms with Gasteiger partial charge in [-0.15, -0.1) is 22.7 Å². The summed E-state index contributed by atoms with van der Waals surface area (Å²) in [5.41, 5.74) is 6.07. The van der Waals surface area contributed by atoms with Crippen LogP contribution in [0.5, 0.6) is 11.5 Å². The number of rotatable bonds is 18. The predicted molar refractivity (Wildman–Crippen MR) is 246 cm³/mol. The highest BCUT2D eigenvalue weighted by molar-refractivity contribution is 7.13. The lowest BCUT2D eigenvalue weighted by Crippen LogP contribution is -2.35. The van der Waals surface area contributed by atoms with Crippen LogP contribution in [0.1, 0.15) is 13.8 Å². The molecule has 0 bridgehead atoms. The van der Waals surface area contributed by atoms with E-state index in [1.807, 2.05) is 108 Å². The second-order valence-electron chi connectivity index (χ2n) is 13.7. The zero-order chi connectivity index (χ0) is 41.5. The summed E-state index contributed by atoms with van der Waals surface area (Å²) < 4.78 is 11.6. The van der Waals surface area contributed by atoms with Gasteiger partial charge < -0.3 is 44.9 Å². The number of aromatic nitrogens is 6. The van der Waals surface area contributed by atoms with Gasteiger partial charge in [-0.2, -0.15) is 0 Å². The molecule has 6 aromatic heterocycles. The smallest absolute Gasteiger partial charge is 0.137 e. The van der Waals surface area contributed by atoms with Crippen LogP contribution in [0.3, 0.4) is 0 Å². The summed E-state index contributed by atoms with van der Waals surface area (Å²) in [7, 11) is 0. The lowest BCUT2D eigenvalue weighted by Gasteiger charge is -2.25. The number of nitrogens with zero attached hydrogens (tertiary/aromatic N) is 6. The number of benzene rings is 2. The maximum absolute atomic E-state index is 10.4. The average molecular weight is 859 g/mol. The van der Waals surface area contributed by atoms with Crippen molar-refractivity contribution in [2.75, 3.05) is 49.2 Å². The number of hydrogen-bond donors (Lipinski definition) is 4. The highest BCUT2D eigenvalue weighted by atomic mass is 32.1. The normalized spacial score (nSPS) is 11.7. The third-order valence-electron chi connectivity index (χ3n) is 9.55. The zero-order valence-electron chi connectivity index (χ0n) is 34.0. The number of thiophene rings is 2. The fourth-order valence-corrected chi connectivity index (χ4v) is 7.79. The molecule has 6 heterocycles. The summed E-state index contributed by atoms with van der Waals surface area (Å²) in [5, 5.41) is 24.9. The van der Waals surface area contributed by atoms with Gasteiger partial charge in [-0.3, -0.25) is 9.97 Å². The number of anilines is 2. The van der Waals surface area contributed by atoms with Crippen molar-refractivity contribution in [1.29, 1.82) is 0 Å². The Morgan fingerprint density at radius 3 is 1.31 bits per heavy atom. The summed E-state index contributed by atoms with van der Waals surface area (Å²) in [6.45, 7) is 7.16. The van der Waals surface area contributed by atoms with Crippen LogP contribution >= 0.6 is 22.7 Å². The van der Waals surface area contributed by atoms with Gasteiger partial charge in [0.05, 0.1) is 33.5 Å². The zero-order valence-corrected chi connectivity index (χ0v) is 35.6. The average Bonchev–Trinajstić information content (AvgIpc) is 4.16. The quantitative estimate of drug-likeness (QED) is 0.0659. The Morgan fingerprint density at radius 2 is 0.967 bits per heavy atom. The highest BCUT2D eigenvalue weighted by Gasteiger charge is 2.14. The van der Waals surface area contributed by atoms with Gasteiger partial charge in [0, 0.05) is 73.5 Å². The number of H-pyrrole nitrogens is 2. The summed E-state index contributed by atoms with van der Waals surface area (Å²) in [6.07, 6.45) is 9.52. The van der Waals surface area contributed by atoms with Gasteiger partial charge in [-0.1, -0.05) is 12.1 Å². The molecular weight excluding hydrogens is 809 g/mol. The Hall–Kier alpha value is -6.36. The maximum Gasteiger partial charge on any atom is 0.137 e. The van der Waals surface area contributed by atoms with E-state index in [-0.39, 0.29) is 18.7 Å². The van der Waals surface area contributed by atoms with Crippen LogP contribution in [0.25, 0.3) is 43.9 Å². The standard InChI is InChI=1S/2C23H24N4O2S.H2O/c2*1-2-27(18-9-11-24-12-10-18)15-19(28)16-29-20-7-5-17(6-8-20)23-25-14-21(26-23)22-4-3-13-30-22;/h2*3-14,19,28H,2,15-16H2,1H3,(H,25,26);1H2. The highest BCUT2D eigenvalue weighted by Crippen LogP contribution is 2.28. The van der Waals surface area contributed by atoms with E-state index in [9.17, 15) is 10.2 Å². The van der Waals surface area contributed by atoms with Crippen LogP contribution in [-0.4, -0.2) is 97.2 Å². The van der Waals surface area contributed by atoms with Gasteiger partial charge in [-0.05, 0) is 110 Å². The monoisotopic (exact) mass is 858 g/mol. The molecule has 2 unspecified atom stereocenters. The molecule has 0 aliphatic carbocycles. The van der Waals surface area contributed by atoms with Gasteiger partial charge in [0.25, 0.3) is 0 Å². The van der Waals surface area contributed by atoms with Crippen LogP contribution in [-0.2, 0) is 0 Å². The molecule has 0 aliphatic heterocycles. The number of likely N-dealkylation sites (N-methyl/N-ethyl adjacent to an activating group) is 2. The van der Waals surface area contributed by atoms with E-state index < -0.39 is 12.2 Å². The number of hydrogen-bond acceptors (Lipinski definition) is 12. The Labute approximate surface area is 363 Å². The molecule has 2 atom stereocenters. The van der Waals surface area contributed by atoms with E-state index in [4.69, 9.17) is 9.47 Å². The molecule has 0 fully saturated rings. The number of aromatic amines is 2. The van der Waals surface area contributed by atoms with Gasteiger partial charge in [-0.25, -0.2) is 9.97 Å². The third kappa shape index (κ3) is 12.3. The molecular formula is C46H50N8O5S2. The second-order valence-corrected chi connectivity index (χ2v) is 15.6. The van der Waals surface area contributed by atoms with Crippen molar-refractivity contribution in [3.05, 3.63) is 145 Å². The molecule has 13 nitrogen and oxygen atoms in total. The predicted octanol–water partition coefficient (Wildman–Crippen LogP) is 8.11. The van der Waals surface area contributed by atoms with Gasteiger partial charge in [0.15, 0.2) is 0 Å². The van der Waals surface area contributed by atoms with Crippen molar-refractivity contribution < 1.29 is 25.2 Å². The minimum atomic E-state index is -0.601. The molecule has 61 heavy (non-hydrogen) atoms. The fraction of sp³-hybridized carbons (Fsp3) is 0.217. The largest absolute Gasteiger partial charge is 0.491 e. The Bertz CT molecular complexity index is 2240. The van der Waals surface area contributed by atoms with Crippen molar-refractivity contribution in [3.8, 4) is 55.4 Å². The third-order valence-corrected chi connectivity index (χ3v) is 11.4. The van der Waals surface area contributed by atoms with Crippen molar-refractivity contribution >= 4 is 34.0 Å². The lowest BCUT2D eigenvalue weighted by atomic mass is 10.2. The maximum atomic E-state index is 10.4. The first kappa shape index (κ1) is 44.2. The van der Waals surface area contributed by atoms with Crippen molar-refractivity contribution in [1.82, 2.24) is 29.9 Å². The first-order chi connectivity index (χ1) is 29.4. The molecule has 15 heteroatoms. The number of imidazole rings is 2. The van der Waals surface area contributed by atoms with Crippen molar-refractivity contribution in [2.45, 2.75) is 26.1 Å². The van der Waals surface area contributed by atoms with Crippen LogP contribution in [0, 0.1) is 0 Å². The Morgan fingerprint density at radius 1 is 0.574 bits per heavy atom. The van der Waals surface area contributed by atoms with Gasteiger partial charge in [0.2, 0.25) is 0 Å². The first-order valence-corrected chi connectivity index (χ1v) is 21.5. The van der Waals surface area contributed by atoms with Gasteiger partial charge >= 0.3 is 0 Å². The molecule has 0 spiro atoms. The topological polar surface area (TPSA) is 180 Å². The van der Waals surface area contributed by atoms with Crippen LogP contribution in [0.4, 0.5) is 11.4 Å². The van der Waals surface area contributed by atoms with E-state index in [1.54, 1.807) is 47.5 Å². The lowest BCUT2D eigenvalue weighted by molar-refractivity contribution is 0.112. The molecule has 0 amide bonds. The summed E-state index contributed by atoms with van der Waals surface area (Å²) >= 11 is 3.36. The first-order valence-electron chi connectivity index (χ1n) is 19.8. The molecule has 0 saturated heterocycles. The number of aliphatic hydroxyl groups is 2. The second kappa shape index (κ2) is 22.3. The van der Waals surface area contributed by atoms with E-state index in [0.29, 0.717) is 13.1 Å². The number of pyridine rings is 2. The molecule has 6 N–H and O–H groups in total. The SMILES string of the molecule is CCN(CC(O)COc1ccc(-c2ncc(-c3cccs3)[nH]2)cc1)c1ccncc1.CCN(CC(O)COc1ccc(-c2ncc(-c3cccs3)[nH]2)cc1)c1ccncc1.O. The van der Waals surface area contributed by atoms with Crippen molar-refractivity contribution in [2.24, 2.45) is 0 Å². The molecule has 0 saturated carbocycles. The fourth-order valence-electron chi connectivity index (χ4n) is 6.41. The van der Waals surface area contributed by atoms with Gasteiger partial charge in [0.1, 0.15) is 48.6 Å². The minimum Gasteiger partial charge on any atom is -0.491 e. The van der Waals surface area contributed by atoms with E-state index in [1.165, 1.54) is 0 Å². The van der Waals surface area contributed by atoms with E-state index >= 15 is 0 Å². The van der Waals surface area contributed by atoms with Crippen LogP contribution in [0.2, 0.25) is 0 Å². The summed E-state index contributed by atoms with van der Waals surface area (Å²) in [6, 6.07) is 31.4. The molecule has 8 rings (SSSR count). The van der Waals surface area contributed by atoms with E-state index in [2.05, 4.69) is 65.7 Å². The van der Waals surface area contributed by atoms with Crippen molar-refractivity contribution in [3.63, 3.8) is 0 Å². The van der Waals surface area contributed by atoms with Crippen LogP contribution < -0.4 is 19.3 Å². The molecule has 8 aromatic rings. The number of nitrogens with one attached hydrogen (secondary N) is 2. The molecule has 2 aromatic carbocycles. The minimum absolute atomic E-state index is 0. The number of ether oxygens (including phenoxy) is 2. The summed E-state index contributed by atoms with van der Waals surface area (Å²) in [4.78, 5) is 30.3. The van der Waals surface area contributed by atoms with E-state index in [0.717, 1.165) is 79.9 Å². The summed E-state index contributed by atoms with van der Waals surface area (Å²) in [5.74, 6) is 3.08. The Balaban J connectivity index is 0.000000201. The van der Waals surface area contributed by atoms with Crippen LogP contribution in [0.15, 0.2) is 145 Å².